The van der Waals surface area contributed by atoms with E-state index in [-0.39, 0.29) is 23.8 Å². The van der Waals surface area contributed by atoms with E-state index in [0.29, 0.717) is 19.0 Å². The van der Waals surface area contributed by atoms with Crippen molar-refractivity contribution in [2.24, 2.45) is 0 Å². The number of amides is 1. The smallest absolute Gasteiger partial charge is 0.227 e. The second-order valence-corrected chi connectivity index (χ2v) is 6.91. The van der Waals surface area contributed by atoms with Crippen molar-refractivity contribution >= 4 is 5.91 Å². The third-order valence-corrected chi connectivity index (χ3v) is 5.01. The van der Waals surface area contributed by atoms with Crippen molar-refractivity contribution in [3.8, 4) is 0 Å². The van der Waals surface area contributed by atoms with Gasteiger partial charge in [-0.2, -0.15) is 5.10 Å². The summed E-state index contributed by atoms with van der Waals surface area (Å²) in [5.41, 5.74) is -0.163. The van der Waals surface area contributed by atoms with E-state index in [2.05, 4.69) is 15.2 Å². The Balaban J connectivity index is 1.44. The topological polar surface area (TPSA) is 61.9 Å². The number of piperidine rings is 1. The van der Waals surface area contributed by atoms with Gasteiger partial charge in [-0.1, -0.05) is 6.07 Å². The van der Waals surface area contributed by atoms with E-state index in [1.165, 1.54) is 18.2 Å². The molecule has 2 aliphatic rings. The predicted molar refractivity (Wildman–Crippen MR) is 87.0 cm³/mol. The van der Waals surface area contributed by atoms with Crippen LogP contribution in [0.4, 0.5) is 8.78 Å². The largest absolute Gasteiger partial charge is 0.342 e. The Morgan fingerprint density at radius 1 is 1.20 bits per heavy atom. The number of benzene rings is 1. The summed E-state index contributed by atoms with van der Waals surface area (Å²) in [6, 6.07) is 3.66. The second-order valence-electron chi connectivity index (χ2n) is 6.91. The molecule has 1 aromatic carbocycles. The summed E-state index contributed by atoms with van der Waals surface area (Å²) >= 11 is 0. The Labute approximate surface area is 144 Å². The van der Waals surface area contributed by atoms with E-state index in [4.69, 9.17) is 0 Å². The van der Waals surface area contributed by atoms with E-state index in [9.17, 15) is 13.6 Å². The minimum atomic E-state index is -0.676. The molecule has 1 saturated carbocycles. The van der Waals surface area contributed by atoms with Gasteiger partial charge in [-0.25, -0.2) is 13.8 Å². The quantitative estimate of drug-likeness (QED) is 0.926. The first kappa shape index (κ1) is 16.2. The van der Waals surface area contributed by atoms with E-state index >= 15 is 0 Å². The number of nitrogens with one attached hydrogen (secondary N) is 1. The summed E-state index contributed by atoms with van der Waals surface area (Å²) in [6.45, 7) is 1.10. The molecule has 0 radical (unpaired) electrons. The lowest BCUT2D eigenvalue weighted by Gasteiger charge is -2.31. The lowest BCUT2D eigenvalue weighted by atomic mass is 9.96. The average molecular weight is 346 g/mol. The molecule has 4 rings (SSSR count). The highest BCUT2D eigenvalue weighted by molar-refractivity contribution is 5.79. The molecular weight excluding hydrogens is 326 g/mol. The van der Waals surface area contributed by atoms with Gasteiger partial charge in [0, 0.05) is 30.5 Å². The number of carbonyl (C=O) groups is 1. The molecule has 1 amide bonds. The van der Waals surface area contributed by atoms with Crippen LogP contribution in [0.5, 0.6) is 0 Å². The van der Waals surface area contributed by atoms with Crippen LogP contribution < -0.4 is 0 Å². The highest BCUT2D eigenvalue weighted by Gasteiger charge is 2.31. The van der Waals surface area contributed by atoms with Crippen molar-refractivity contribution in [3.63, 3.8) is 0 Å². The third kappa shape index (κ3) is 3.41. The molecule has 1 aliphatic carbocycles. The van der Waals surface area contributed by atoms with Crippen molar-refractivity contribution in [1.29, 1.82) is 0 Å². The fourth-order valence-electron chi connectivity index (χ4n) is 3.39. The zero-order valence-electron chi connectivity index (χ0n) is 13.8. The Hall–Kier alpha value is -2.31. The number of aromatic nitrogens is 3. The van der Waals surface area contributed by atoms with E-state index < -0.39 is 11.6 Å². The molecule has 132 valence electrons. The first-order valence-corrected chi connectivity index (χ1v) is 8.74. The highest BCUT2D eigenvalue weighted by Crippen LogP contribution is 2.38. The van der Waals surface area contributed by atoms with Crippen LogP contribution in [0.1, 0.15) is 54.7 Å². The number of nitrogens with zero attached hydrogens (tertiary/aromatic N) is 3. The highest BCUT2D eigenvalue weighted by atomic mass is 19.1. The number of likely N-dealkylation sites (tertiary alicyclic amines) is 1. The molecule has 1 unspecified atom stereocenters. The molecule has 1 atom stereocenters. The molecule has 1 saturated heterocycles. The fourth-order valence-corrected chi connectivity index (χ4v) is 3.39. The molecule has 2 aromatic rings. The maximum atomic E-state index is 13.8. The van der Waals surface area contributed by atoms with E-state index in [0.717, 1.165) is 37.3 Å². The molecule has 1 N–H and O–H groups in total. The molecule has 1 aromatic heterocycles. The van der Waals surface area contributed by atoms with Gasteiger partial charge in [-0.15, -0.1) is 0 Å². The standard InChI is InChI=1S/C18H20F2N4O/c19-14-4-1-5-15(20)13(14)9-16(25)24-8-2-3-12(10-24)18-21-17(22-23-18)11-6-7-11/h1,4-5,11-12H,2-3,6-10H2,(H,21,22,23). The number of H-pyrrole nitrogens is 1. The van der Waals surface area contributed by atoms with Crippen LogP contribution in [-0.2, 0) is 11.2 Å². The third-order valence-electron chi connectivity index (χ3n) is 5.01. The van der Waals surface area contributed by atoms with Gasteiger partial charge in [-0.3, -0.25) is 9.89 Å². The van der Waals surface area contributed by atoms with Gasteiger partial charge in [-0.05, 0) is 37.8 Å². The maximum Gasteiger partial charge on any atom is 0.227 e. The predicted octanol–water partition coefficient (Wildman–Crippen LogP) is 2.91. The molecule has 2 fully saturated rings. The average Bonchev–Trinajstić information content (AvgIpc) is 3.35. The number of hydrogen-bond donors (Lipinski definition) is 1. The Kier molecular flexibility index (Phi) is 4.23. The number of carbonyl (C=O) groups excluding carboxylic acids is 1. The molecule has 25 heavy (non-hydrogen) atoms. The van der Waals surface area contributed by atoms with Gasteiger partial charge >= 0.3 is 0 Å². The molecule has 0 spiro atoms. The van der Waals surface area contributed by atoms with Crippen LogP contribution in [0.15, 0.2) is 18.2 Å². The normalized spacial score (nSPS) is 20.7. The molecular formula is C18H20F2N4O. The molecule has 7 heteroatoms. The van der Waals surface area contributed by atoms with Crippen molar-refractivity contribution < 1.29 is 13.6 Å². The van der Waals surface area contributed by atoms with Gasteiger partial charge < -0.3 is 4.90 Å². The summed E-state index contributed by atoms with van der Waals surface area (Å²) in [6.07, 6.45) is 3.80. The zero-order valence-corrected chi connectivity index (χ0v) is 13.8. The number of rotatable bonds is 4. The monoisotopic (exact) mass is 346 g/mol. The van der Waals surface area contributed by atoms with Crippen molar-refractivity contribution in [2.75, 3.05) is 13.1 Å². The summed E-state index contributed by atoms with van der Waals surface area (Å²) < 4.78 is 27.5. The van der Waals surface area contributed by atoms with Crippen LogP contribution in [0.25, 0.3) is 0 Å². The number of hydrogen-bond acceptors (Lipinski definition) is 3. The lowest BCUT2D eigenvalue weighted by molar-refractivity contribution is -0.131. The SMILES string of the molecule is O=C(Cc1c(F)cccc1F)N1CCCC(c2n[nH]c(C3CC3)n2)C1. The second kappa shape index (κ2) is 6.54. The fraction of sp³-hybridized carbons (Fsp3) is 0.500. The summed E-state index contributed by atoms with van der Waals surface area (Å²) in [4.78, 5) is 18.8. The van der Waals surface area contributed by atoms with Crippen molar-refractivity contribution in [3.05, 3.63) is 47.0 Å². The van der Waals surface area contributed by atoms with E-state index in [1.54, 1.807) is 4.90 Å². The molecule has 0 bridgehead atoms. The maximum absolute atomic E-state index is 13.8. The van der Waals surface area contributed by atoms with Gasteiger partial charge in [0.15, 0.2) is 5.82 Å². The number of aromatic amines is 1. The van der Waals surface area contributed by atoms with Crippen LogP contribution in [-0.4, -0.2) is 39.1 Å². The van der Waals surface area contributed by atoms with Gasteiger partial charge in [0.2, 0.25) is 5.91 Å². The first-order chi connectivity index (χ1) is 12.1. The number of halogens is 2. The van der Waals surface area contributed by atoms with Gasteiger partial charge in [0.05, 0.1) is 6.42 Å². The Bertz CT molecular complexity index is 767. The summed E-state index contributed by atoms with van der Waals surface area (Å²) in [5.74, 6) is 0.656. The van der Waals surface area contributed by atoms with Gasteiger partial charge in [0.25, 0.3) is 0 Å². The Morgan fingerprint density at radius 3 is 2.68 bits per heavy atom. The van der Waals surface area contributed by atoms with Crippen LogP contribution in [0.3, 0.4) is 0 Å². The van der Waals surface area contributed by atoms with Crippen molar-refractivity contribution in [2.45, 2.75) is 43.9 Å². The van der Waals surface area contributed by atoms with Crippen molar-refractivity contribution in [1.82, 2.24) is 20.1 Å². The minimum absolute atomic E-state index is 0.0758. The summed E-state index contributed by atoms with van der Waals surface area (Å²) in [5, 5.41) is 7.31. The van der Waals surface area contributed by atoms with Crippen LogP contribution in [0, 0.1) is 11.6 Å². The van der Waals surface area contributed by atoms with Crippen LogP contribution >= 0.6 is 0 Å². The molecule has 1 aliphatic heterocycles. The molecule has 5 nitrogen and oxygen atoms in total. The van der Waals surface area contributed by atoms with Crippen LogP contribution in [0.2, 0.25) is 0 Å². The first-order valence-electron chi connectivity index (χ1n) is 8.74. The zero-order chi connectivity index (χ0) is 17.4. The minimum Gasteiger partial charge on any atom is -0.342 e. The van der Waals surface area contributed by atoms with E-state index in [1.807, 2.05) is 0 Å². The molecule has 2 heterocycles. The van der Waals surface area contributed by atoms with Gasteiger partial charge in [0.1, 0.15) is 17.5 Å². The lowest BCUT2D eigenvalue weighted by Crippen LogP contribution is -2.40. The Morgan fingerprint density at radius 2 is 1.96 bits per heavy atom. The summed E-state index contributed by atoms with van der Waals surface area (Å²) in [7, 11) is 0.